The topological polar surface area (TPSA) is 53.9 Å². The molecule has 0 saturated heterocycles. The number of hydrogen-bond acceptors (Lipinski definition) is 3. The van der Waals surface area contributed by atoms with Gasteiger partial charge in [0.1, 0.15) is 6.54 Å². The first kappa shape index (κ1) is 16.7. The maximum atomic E-state index is 13.0. The number of fused-ring (bicyclic) bond motifs is 1. The van der Waals surface area contributed by atoms with Gasteiger partial charge in [-0.3, -0.25) is 14.5 Å². The molecule has 0 unspecified atom stereocenters. The van der Waals surface area contributed by atoms with Crippen molar-refractivity contribution in [1.29, 1.82) is 0 Å². The van der Waals surface area contributed by atoms with E-state index in [4.69, 9.17) is 12.2 Å². The van der Waals surface area contributed by atoms with Crippen molar-refractivity contribution in [2.24, 2.45) is 0 Å². The molecular formula is C20H20N4OS. The monoisotopic (exact) mass is 364 g/mol. The maximum absolute atomic E-state index is 13.0. The van der Waals surface area contributed by atoms with Crippen LogP contribution in [-0.4, -0.2) is 27.2 Å². The minimum absolute atomic E-state index is 0.0306. The maximum Gasteiger partial charge on any atom is 0.247 e. The Morgan fingerprint density at radius 3 is 2.77 bits per heavy atom. The molecule has 0 radical (unpaired) electrons. The van der Waals surface area contributed by atoms with Crippen LogP contribution in [0.3, 0.4) is 0 Å². The van der Waals surface area contributed by atoms with Crippen molar-refractivity contribution in [2.45, 2.75) is 26.3 Å². The fourth-order valence-corrected chi connectivity index (χ4v) is 3.60. The number of nitrogens with one attached hydrogen (secondary N) is 1. The predicted molar refractivity (Wildman–Crippen MR) is 105 cm³/mol. The number of para-hydroxylation sites is 1. The summed E-state index contributed by atoms with van der Waals surface area (Å²) in [4.78, 5) is 14.9. The van der Waals surface area contributed by atoms with Crippen molar-refractivity contribution in [1.82, 2.24) is 14.8 Å². The summed E-state index contributed by atoms with van der Waals surface area (Å²) >= 11 is 5.37. The van der Waals surface area contributed by atoms with Crippen molar-refractivity contribution in [3.05, 3.63) is 64.4 Å². The summed E-state index contributed by atoms with van der Waals surface area (Å²) in [5.41, 5.74) is 4.35. The van der Waals surface area contributed by atoms with Gasteiger partial charge in [0, 0.05) is 17.8 Å². The molecule has 1 aliphatic heterocycles. The van der Waals surface area contributed by atoms with Crippen LogP contribution in [0.5, 0.6) is 0 Å². The molecule has 2 aromatic carbocycles. The molecule has 6 heteroatoms. The fraction of sp³-hybridized carbons (Fsp3) is 0.250. The molecule has 26 heavy (non-hydrogen) atoms. The largest absolute Gasteiger partial charge is 0.311 e. The number of H-pyrrole nitrogens is 1. The Bertz CT molecular complexity index is 1000. The van der Waals surface area contributed by atoms with Gasteiger partial charge in [-0.2, -0.15) is 5.10 Å². The summed E-state index contributed by atoms with van der Waals surface area (Å²) < 4.78 is 2.23. The summed E-state index contributed by atoms with van der Waals surface area (Å²) in [5, 5.41) is 7.16. The number of rotatable bonds is 3. The van der Waals surface area contributed by atoms with Crippen molar-refractivity contribution >= 4 is 23.8 Å². The van der Waals surface area contributed by atoms with Crippen molar-refractivity contribution < 1.29 is 4.79 Å². The van der Waals surface area contributed by atoms with Gasteiger partial charge < -0.3 is 4.90 Å². The second kappa shape index (κ2) is 6.88. The predicted octanol–water partition coefficient (Wildman–Crippen LogP) is 3.90. The third-order valence-corrected chi connectivity index (χ3v) is 5.08. The first-order valence-corrected chi connectivity index (χ1v) is 9.15. The van der Waals surface area contributed by atoms with E-state index < -0.39 is 0 Å². The Morgan fingerprint density at radius 1 is 1.19 bits per heavy atom. The van der Waals surface area contributed by atoms with Gasteiger partial charge in [-0.1, -0.05) is 48.0 Å². The number of aryl methyl sites for hydroxylation is 2. The molecule has 0 saturated carbocycles. The van der Waals surface area contributed by atoms with Crippen LogP contribution in [0.2, 0.25) is 0 Å². The van der Waals surface area contributed by atoms with E-state index in [0.717, 1.165) is 30.6 Å². The van der Waals surface area contributed by atoms with E-state index in [0.29, 0.717) is 10.6 Å². The molecule has 1 N–H and O–H groups in total. The number of benzene rings is 2. The number of amides is 1. The average Bonchev–Trinajstić information content (AvgIpc) is 3.02. The molecule has 0 bridgehead atoms. The van der Waals surface area contributed by atoms with E-state index >= 15 is 0 Å². The summed E-state index contributed by atoms with van der Waals surface area (Å²) in [6.45, 7) is 2.95. The van der Waals surface area contributed by atoms with Gasteiger partial charge in [0.05, 0.1) is 0 Å². The van der Waals surface area contributed by atoms with Crippen LogP contribution in [0.15, 0.2) is 48.5 Å². The molecule has 0 atom stereocenters. The van der Waals surface area contributed by atoms with Gasteiger partial charge in [0.15, 0.2) is 10.6 Å². The van der Waals surface area contributed by atoms with Gasteiger partial charge in [-0.15, -0.1) is 0 Å². The quantitative estimate of drug-likeness (QED) is 0.717. The van der Waals surface area contributed by atoms with E-state index in [1.807, 2.05) is 54.3 Å². The zero-order valence-electron chi connectivity index (χ0n) is 14.6. The smallest absolute Gasteiger partial charge is 0.247 e. The highest BCUT2D eigenvalue weighted by Gasteiger charge is 2.23. The number of hydrogen-bond donors (Lipinski definition) is 1. The highest BCUT2D eigenvalue weighted by molar-refractivity contribution is 7.71. The first-order chi connectivity index (χ1) is 12.6. The lowest BCUT2D eigenvalue weighted by Gasteiger charge is -2.29. The SMILES string of the molecule is Cc1ccc(-c2n[nH]c(=S)n2CC(=O)N2CCCc3ccccc32)cc1. The van der Waals surface area contributed by atoms with E-state index in [1.54, 1.807) is 4.57 Å². The van der Waals surface area contributed by atoms with E-state index in [1.165, 1.54) is 11.1 Å². The van der Waals surface area contributed by atoms with Gasteiger partial charge in [0.2, 0.25) is 5.91 Å². The first-order valence-electron chi connectivity index (χ1n) is 8.74. The second-order valence-corrected chi connectivity index (χ2v) is 6.97. The number of aromatic nitrogens is 3. The van der Waals surface area contributed by atoms with Crippen molar-refractivity contribution in [3.8, 4) is 11.4 Å². The third kappa shape index (κ3) is 3.08. The van der Waals surface area contributed by atoms with E-state index in [-0.39, 0.29) is 12.5 Å². The van der Waals surface area contributed by atoms with Crippen LogP contribution in [0.1, 0.15) is 17.5 Å². The molecule has 4 rings (SSSR count). The standard InChI is InChI=1S/C20H20N4OS/c1-14-8-10-16(11-9-14)19-21-22-20(26)24(19)13-18(25)23-12-4-6-15-5-2-3-7-17(15)23/h2-3,5,7-11H,4,6,12-13H2,1H3,(H,22,26). The second-order valence-electron chi connectivity index (χ2n) is 6.58. The lowest BCUT2D eigenvalue weighted by atomic mass is 10.0. The molecule has 132 valence electrons. The Balaban J connectivity index is 1.65. The average molecular weight is 364 g/mol. The van der Waals surface area contributed by atoms with Crippen LogP contribution >= 0.6 is 12.2 Å². The minimum atomic E-state index is 0.0306. The molecule has 2 heterocycles. The number of carbonyl (C=O) groups is 1. The Kier molecular flexibility index (Phi) is 4.42. The fourth-order valence-electron chi connectivity index (χ4n) is 3.40. The molecule has 0 aliphatic carbocycles. The molecule has 0 fully saturated rings. The highest BCUT2D eigenvalue weighted by Crippen LogP contribution is 2.27. The van der Waals surface area contributed by atoms with E-state index in [9.17, 15) is 4.79 Å². The summed E-state index contributed by atoms with van der Waals surface area (Å²) in [5.74, 6) is 0.719. The van der Waals surface area contributed by atoms with Gasteiger partial charge >= 0.3 is 0 Å². The van der Waals surface area contributed by atoms with Crippen LogP contribution in [0, 0.1) is 11.7 Å². The highest BCUT2D eigenvalue weighted by atomic mass is 32.1. The zero-order valence-corrected chi connectivity index (χ0v) is 15.4. The van der Waals surface area contributed by atoms with E-state index in [2.05, 4.69) is 16.3 Å². The van der Waals surface area contributed by atoms with Gasteiger partial charge in [0.25, 0.3) is 0 Å². The van der Waals surface area contributed by atoms with Crippen LogP contribution in [0.25, 0.3) is 11.4 Å². The molecule has 1 aromatic heterocycles. The number of nitrogens with zero attached hydrogens (tertiary/aromatic N) is 3. The van der Waals surface area contributed by atoms with Gasteiger partial charge in [-0.25, -0.2) is 0 Å². The number of anilines is 1. The molecule has 1 amide bonds. The molecule has 3 aromatic rings. The Hall–Kier alpha value is -2.73. The van der Waals surface area contributed by atoms with Crippen LogP contribution < -0.4 is 4.90 Å². The Labute approximate surface area is 157 Å². The van der Waals surface area contributed by atoms with Gasteiger partial charge in [-0.05, 0) is 43.6 Å². The molecular weight excluding hydrogens is 344 g/mol. The summed E-state index contributed by atoms with van der Waals surface area (Å²) in [6, 6.07) is 16.2. The van der Waals surface area contributed by atoms with Crippen LogP contribution in [0.4, 0.5) is 5.69 Å². The summed E-state index contributed by atoms with van der Waals surface area (Å²) in [6.07, 6.45) is 1.99. The number of carbonyl (C=O) groups excluding carboxylic acids is 1. The lowest BCUT2D eigenvalue weighted by Crippen LogP contribution is -2.37. The minimum Gasteiger partial charge on any atom is -0.311 e. The number of aromatic amines is 1. The Morgan fingerprint density at radius 2 is 1.96 bits per heavy atom. The zero-order chi connectivity index (χ0) is 18.1. The normalized spacial score (nSPS) is 13.5. The molecule has 1 aliphatic rings. The van der Waals surface area contributed by atoms with Crippen molar-refractivity contribution in [3.63, 3.8) is 0 Å². The molecule has 0 spiro atoms. The third-order valence-electron chi connectivity index (χ3n) is 4.77. The lowest BCUT2D eigenvalue weighted by molar-refractivity contribution is -0.119. The summed E-state index contributed by atoms with van der Waals surface area (Å²) in [7, 11) is 0. The van der Waals surface area contributed by atoms with Crippen molar-refractivity contribution in [2.75, 3.05) is 11.4 Å². The molecule has 5 nitrogen and oxygen atoms in total. The van der Waals surface area contributed by atoms with Crippen LogP contribution in [-0.2, 0) is 17.8 Å².